The number of aryl methyl sites for hydroxylation is 1. The lowest BCUT2D eigenvalue weighted by atomic mass is 10.2. The van der Waals surface area contributed by atoms with Crippen LogP contribution in [0.15, 0.2) is 18.5 Å². The van der Waals surface area contributed by atoms with Gasteiger partial charge in [0.05, 0.1) is 18.3 Å². The summed E-state index contributed by atoms with van der Waals surface area (Å²) in [4.78, 5) is 8.58. The zero-order chi connectivity index (χ0) is 12.8. The molecule has 0 aliphatic heterocycles. The fourth-order valence-corrected chi connectivity index (χ4v) is 2.26. The molecule has 0 N–H and O–H groups in total. The van der Waals surface area contributed by atoms with E-state index >= 15 is 0 Å². The molecular formula is C14H20N3O. The van der Waals surface area contributed by atoms with Crippen molar-refractivity contribution in [1.29, 1.82) is 0 Å². The Labute approximate surface area is 108 Å². The summed E-state index contributed by atoms with van der Waals surface area (Å²) in [5.41, 5.74) is 2.00. The van der Waals surface area contributed by atoms with Crippen LogP contribution in [-0.4, -0.2) is 21.1 Å². The molecule has 0 bridgehead atoms. The van der Waals surface area contributed by atoms with Crippen molar-refractivity contribution in [2.45, 2.75) is 45.6 Å². The van der Waals surface area contributed by atoms with E-state index in [0.717, 1.165) is 29.8 Å². The van der Waals surface area contributed by atoms with Crippen LogP contribution in [0.1, 0.15) is 38.4 Å². The predicted octanol–water partition coefficient (Wildman–Crippen LogP) is 2.98. The van der Waals surface area contributed by atoms with E-state index in [4.69, 9.17) is 0 Å². The third-order valence-electron chi connectivity index (χ3n) is 3.19. The highest BCUT2D eigenvalue weighted by Crippen LogP contribution is 2.16. The standard InChI is InChI=1S/C14H20N3O/c1-2-3-4-5-9-17-13-6-8-15-11-12(13)16-14(17)7-10-18/h6,8,11H,2-5,7,9-10H2,1H3. The Morgan fingerprint density at radius 1 is 1.28 bits per heavy atom. The number of imidazole rings is 1. The molecule has 0 saturated carbocycles. The smallest absolute Gasteiger partial charge is 0.112 e. The SMILES string of the molecule is CCCCCCn1c(CC[O])nc2cnccc21. The van der Waals surface area contributed by atoms with Gasteiger partial charge in [-0.2, -0.15) is 0 Å². The van der Waals surface area contributed by atoms with Gasteiger partial charge in [0, 0.05) is 19.2 Å². The van der Waals surface area contributed by atoms with Gasteiger partial charge >= 0.3 is 0 Å². The molecule has 2 heterocycles. The molecule has 2 aromatic heterocycles. The number of aromatic nitrogens is 3. The van der Waals surface area contributed by atoms with Crippen LogP contribution in [-0.2, 0) is 18.1 Å². The maximum atomic E-state index is 10.8. The maximum Gasteiger partial charge on any atom is 0.112 e. The quantitative estimate of drug-likeness (QED) is 0.705. The number of unbranched alkanes of at least 4 members (excludes halogenated alkanes) is 3. The molecule has 0 saturated heterocycles. The van der Waals surface area contributed by atoms with Crippen molar-refractivity contribution in [3.63, 3.8) is 0 Å². The first-order chi connectivity index (χ1) is 8.86. The molecule has 4 heteroatoms. The van der Waals surface area contributed by atoms with E-state index in [2.05, 4.69) is 21.5 Å². The number of nitrogens with zero attached hydrogens (tertiary/aromatic N) is 3. The van der Waals surface area contributed by atoms with Crippen molar-refractivity contribution in [3.05, 3.63) is 24.3 Å². The maximum absolute atomic E-state index is 10.8. The van der Waals surface area contributed by atoms with E-state index in [9.17, 15) is 5.11 Å². The normalized spacial score (nSPS) is 11.2. The molecule has 0 spiro atoms. The molecule has 0 aromatic carbocycles. The average Bonchev–Trinajstić information content (AvgIpc) is 2.73. The van der Waals surface area contributed by atoms with Gasteiger partial charge in [0.25, 0.3) is 0 Å². The van der Waals surface area contributed by atoms with Crippen LogP contribution in [0.2, 0.25) is 0 Å². The second-order valence-corrected chi connectivity index (χ2v) is 4.56. The summed E-state index contributed by atoms with van der Waals surface area (Å²) in [6.07, 6.45) is 8.95. The van der Waals surface area contributed by atoms with Gasteiger partial charge in [0.15, 0.2) is 0 Å². The zero-order valence-corrected chi connectivity index (χ0v) is 10.9. The summed E-state index contributed by atoms with van der Waals surface area (Å²) in [5.74, 6) is 0.907. The largest absolute Gasteiger partial charge is 0.328 e. The molecule has 0 unspecified atom stereocenters. The summed E-state index contributed by atoms with van der Waals surface area (Å²) in [5, 5.41) is 10.8. The molecule has 2 rings (SSSR count). The first-order valence-corrected chi connectivity index (χ1v) is 6.74. The number of pyridine rings is 1. The molecule has 0 aliphatic carbocycles. The summed E-state index contributed by atoms with van der Waals surface area (Å²) < 4.78 is 2.19. The van der Waals surface area contributed by atoms with Crippen LogP contribution in [0.3, 0.4) is 0 Å². The van der Waals surface area contributed by atoms with Gasteiger partial charge in [-0.05, 0) is 12.5 Å². The van der Waals surface area contributed by atoms with Gasteiger partial charge in [-0.25, -0.2) is 10.1 Å². The van der Waals surface area contributed by atoms with E-state index in [1.54, 1.807) is 12.4 Å². The van der Waals surface area contributed by atoms with E-state index in [1.807, 2.05) is 6.07 Å². The first-order valence-electron chi connectivity index (χ1n) is 6.74. The summed E-state index contributed by atoms with van der Waals surface area (Å²) >= 11 is 0. The molecule has 18 heavy (non-hydrogen) atoms. The Hall–Kier alpha value is -1.42. The van der Waals surface area contributed by atoms with Crippen LogP contribution in [0.25, 0.3) is 11.0 Å². The van der Waals surface area contributed by atoms with Gasteiger partial charge in [0.1, 0.15) is 11.3 Å². The highest BCUT2D eigenvalue weighted by atomic mass is 16.3. The van der Waals surface area contributed by atoms with Crippen molar-refractivity contribution >= 4 is 11.0 Å². The average molecular weight is 246 g/mol. The van der Waals surface area contributed by atoms with Gasteiger partial charge in [-0.3, -0.25) is 4.98 Å². The lowest BCUT2D eigenvalue weighted by Crippen LogP contribution is -2.05. The Balaban J connectivity index is 2.19. The van der Waals surface area contributed by atoms with Crippen molar-refractivity contribution in [2.75, 3.05) is 6.61 Å². The molecule has 0 fully saturated rings. The van der Waals surface area contributed by atoms with E-state index in [-0.39, 0.29) is 6.61 Å². The van der Waals surface area contributed by atoms with Gasteiger partial charge < -0.3 is 4.57 Å². The molecule has 2 aromatic rings. The summed E-state index contributed by atoms with van der Waals surface area (Å²) in [6, 6.07) is 1.98. The van der Waals surface area contributed by atoms with Crippen LogP contribution < -0.4 is 0 Å². The fourth-order valence-electron chi connectivity index (χ4n) is 2.26. The molecule has 0 aliphatic rings. The Morgan fingerprint density at radius 2 is 2.17 bits per heavy atom. The fraction of sp³-hybridized carbons (Fsp3) is 0.571. The van der Waals surface area contributed by atoms with Gasteiger partial charge in [0.2, 0.25) is 0 Å². The molecule has 0 atom stereocenters. The molecular weight excluding hydrogens is 226 g/mol. The Morgan fingerprint density at radius 3 is 2.94 bits per heavy atom. The summed E-state index contributed by atoms with van der Waals surface area (Å²) in [7, 11) is 0. The highest BCUT2D eigenvalue weighted by molar-refractivity contribution is 5.74. The minimum absolute atomic E-state index is 0.105. The molecule has 4 nitrogen and oxygen atoms in total. The van der Waals surface area contributed by atoms with Crippen molar-refractivity contribution in [3.8, 4) is 0 Å². The second kappa shape index (κ2) is 6.50. The van der Waals surface area contributed by atoms with Crippen LogP contribution in [0.4, 0.5) is 0 Å². The van der Waals surface area contributed by atoms with Crippen LogP contribution in [0.5, 0.6) is 0 Å². The molecule has 0 amide bonds. The van der Waals surface area contributed by atoms with Gasteiger partial charge in [-0.15, -0.1) is 0 Å². The second-order valence-electron chi connectivity index (χ2n) is 4.56. The Bertz CT molecular complexity index is 493. The zero-order valence-electron chi connectivity index (χ0n) is 10.9. The van der Waals surface area contributed by atoms with E-state index in [1.165, 1.54) is 19.3 Å². The third-order valence-corrected chi connectivity index (χ3v) is 3.19. The topological polar surface area (TPSA) is 50.6 Å². The number of fused-ring (bicyclic) bond motifs is 1. The minimum atomic E-state index is -0.105. The summed E-state index contributed by atoms with van der Waals surface area (Å²) in [6.45, 7) is 3.06. The molecule has 97 valence electrons. The minimum Gasteiger partial charge on any atom is -0.328 e. The molecule has 1 radical (unpaired) electrons. The van der Waals surface area contributed by atoms with E-state index < -0.39 is 0 Å². The first kappa shape index (κ1) is 13.0. The van der Waals surface area contributed by atoms with Crippen molar-refractivity contribution in [2.24, 2.45) is 0 Å². The predicted molar refractivity (Wildman–Crippen MR) is 70.9 cm³/mol. The lowest BCUT2D eigenvalue weighted by molar-refractivity contribution is 0.194. The van der Waals surface area contributed by atoms with Crippen LogP contribution >= 0.6 is 0 Å². The third kappa shape index (κ3) is 2.88. The number of hydrogen-bond acceptors (Lipinski definition) is 2. The van der Waals surface area contributed by atoms with Crippen molar-refractivity contribution in [1.82, 2.24) is 14.5 Å². The Kier molecular flexibility index (Phi) is 4.70. The van der Waals surface area contributed by atoms with Crippen LogP contribution in [0, 0.1) is 0 Å². The number of rotatable bonds is 7. The van der Waals surface area contributed by atoms with Crippen molar-refractivity contribution < 1.29 is 5.11 Å². The van der Waals surface area contributed by atoms with Gasteiger partial charge in [-0.1, -0.05) is 26.2 Å². The lowest BCUT2D eigenvalue weighted by Gasteiger charge is -2.07. The highest BCUT2D eigenvalue weighted by Gasteiger charge is 2.09. The number of hydrogen-bond donors (Lipinski definition) is 0. The monoisotopic (exact) mass is 246 g/mol. The van der Waals surface area contributed by atoms with E-state index in [0.29, 0.717) is 6.42 Å².